The molecule has 8 heteroatoms. The lowest BCUT2D eigenvalue weighted by Crippen LogP contribution is -3.02. The Morgan fingerprint density at radius 3 is 0.964 bits per heavy atom. The number of halogens is 1. The lowest BCUT2D eigenvalue weighted by Gasteiger charge is -1.96. The Bertz CT molecular complexity index is 456. The van der Waals surface area contributed by atoms with Gasteiger partial charge in [-0.3, -0.25) is 0 Å². The standard InChI is InChI=1S/2C6H10O2.C5H8O2.C3H9N.ClH/c2*1-4-8-6(7)5(2)3;1-4(2)5(6)7-3;1-4(2)3;/h2*2,4H2,1,3H3;1H2,2-3H3;1-3H3;1H. The van der Waals surface area contributed by atoms with Crippen molar-refractivity contribution in [2.75, 3.05) is 41.5 Å². The summed E-state index contributed by atoms with van der Waals surface area (Å²) in [6.07, 6.45) is 0. The van der Waals surface area contributed by atoms with E-state index in [0.29, 0.717) is 29.9 Å². The van der Waals surface area contributed by atoms with E-state index < -0.39 is 0 Å². The molecule has 0 saturated carbocycles. The molecule has 0 aromatic rings. The molecule has 0 rings (SSSR count). The van der Waals surface area contributed by atoms with Crippen LogP contribution in [0.4, 0.5) is 0 Å². The average Bonchev–Trinajstić information content (AvgIpc) is 2.54. The highest BCUT2D eigenvalue weighted by atomic mass is 35.5. The van der Waals surface area contributed by atoms with Crippen LogP contribution in [0.5, 0.6) is 0 Å². The highest BCUT2D eigenvalue weighted by molar-refractivity contribution is 5.87. The molecule has 0 bridgehead atoms. The fourth-order valence-corrected chi connectivity index (χ4v) is 0.683. The van der Waals surface area contributed by atoms with Crippen molar-refractivity contribution in [3.05, 3.63) is 36.5 Å². The van der Waals surface area contributed by atoms with Crippen LogP contribution in [0, 0.1) is 0 Å². The van der Waals surface area contributed by atoms with E-state index in [4.69, 9.17) is 0 Å². The van der Waals surface area contributed by atoms with Gasteiger partial charge in [-0.25, -0.2) is 14.4 Å². The van der Waals surface area contributed by atoms with Gasteiger partial charge in [0.25, 0.3) is 0 Å². The second kappa shape index (κ2) is 24.9. The van der Waals surface area contributed by atoms with Gasteiger partial charge in [-0.05, 0) is 34.6 Å². The van der Waals surface area contributed by atoms with E-state index in [9.17, 15) is 14.4 Å². The lowest BCUT2D eigenvalue weighted by molar-refractivity contribution is -0.836. The van der Waals surface area contributed by atoms with Crippen LogP contribution in [-0.4, -0.2) is 59.4 Å². The summed E-state index contributed by atoms with van der Waals surface area (Å²) in [4.78, 5) is 32.4. The molecule has 1 N–H and O–H groups in total. The molecule has 0 atom stereocenters. The number of carbonyl (C=O) groups excluding carboxylic acids is 3. The number of quaternary nitrogens is 1. The maximum absolute atomic E-state index is 10.4. The van der Waals surface area contributed by atoms with Crippen LogP contribution < -0.4 is 17.3 Å². The predicted octanol–water partition coefficient (Wildman–Crippen LogP) is -1.25. The first-order valence-corrected chi connectivity index (χ1v) is 8.44. The Labute approximate surface area is 176 Å². The first-order chi connectivity index (χ1) is 12.3. The van der Waals surface area contributed by atoms with Gasteiger partial charge in [0.2, 0.25) is 0 Å². The predicted molar refractivity (Wildman–Crippen MR) is 108 cm³/mol. The topological polar surface area (TPSA) is 83.3 Å². The van der Waals surface area contributed by atoms with Crippen molar-refractivity contribution in [2.24, 2.45) is 0 Å². The molecule has 166 valence electrons. The molecule has 0 aromatic heterocycles. The molecule has 0 aliphatic carbocycles. The number of methoxy groups -OCH3 is 1. The Hall–Kier alpha value is -2.12. The summed E-state index contributed by atoms with van der Waals surface area (Å²) in [6.45, 7) is 19.4. The van der Waals surface area contributed by atoms with Crippen molar-refractivity contribution >= 4 is 17.9 Å². The van der Waals surface area contributed by atoms with Gasteiger partial charge in [0.15, 0.2) is 0 Å². The van der Waals surface area contributed by atoms with E-state index in [1.54, 1.807) is 34.6 Å². The molecule has 0 aromatic carbocycles. The summed E-state index contributed by atoms with van der Waals surface area (Å²) >= 11 is 0. The molecule has 28 heavy (non-hydrogen) atoms. The molecule has 0 radical (unpaired) electrons. The Balaban J connectivity index is -0.0000000852. The molecular weight excluding hydrogens is 386 g/mol. The number of nitrogens with one attached hydrogen (secondary N) is 1. The largest absolute Gasteiger partial charge is 1.00 e. The van der Waals surface area contributed by atoms with Gasteiger partial charge in [-0.1, -0.05) is 19.7 Å². The first-order valence-electron chi connectivity index (χ1n) is 8.44. The van der Waals surface area contributed by atoms with Gasteiger partial charge in [-0.2, -0.15) is 0 Å². The molecule has 7 nitrogen and oxygen atoms in total. The fraction of sp³-hybridized carbons (Fsp3) is 0.550. The van der Waals surface area contributed by atoms with Crippen LogP contribution in [0.15, 0.2) is 36.5 Å². The summed E-state index contributed by atoms with van der Waals surface area (Å²) < 4.78 is 13.4. The van der Waals surface area contributed by atoms with Gasteiger partial charge in [0.05, 0.1) is 41.5 Å². The normalized spacial score (nSPS) is 7.93. The maximum Gasteiger partial charge on any atom is 0.333 e. The number of hydrogen-bond donors (Lipinski definition) is 1. The highest BCUT2D eigenvalue weighted by Crippen LogP contribution is 1.90. The highest BCUT2D eigenvalue weighted by Gasteiger charge is 1.98. The average molecular weight is 424 g/mol. The molecule has 0 saturated heterocycles. The van der Waals surface area contributed by atoms with E-state index in [1.165, 1.54) is 12.0 Å². The van der Waals surface area contributed by atoms with Crippen molar-refractivity contribution in [2.45, 2.75) is 34.6 Å². The quantitative estimate of drug-likeness (QED) is 0.338. The van der Waals surface area contributed by atoms with E-state index in [0.717, 1.165) is 0 Å². The van der Waals surface area contributed by atoms with Crippen LogP contribution in [0.1, 0.15) is 34.6 Å². The number of esters is 3. The SMILES string of the molecule is C=C(C)C(=O)OC.C=C(C)C(=O)OCC.C=C(C)C(=O)OCC.C[NH+](C)C.[Cl-]. The Morgan fingerprint density at radius 1 is 0.714 bits per heavy atom. The molecule has 0 aliphatic rings. The third-order valence-electron chi connectivity index (χ3n) is 1.78. The van der Waals surface area contributed by atoms with Crippen LogP contribution in [0.25, 0.3) is 0 Å². The summed E-state index contributed by atoms with van der Waals surface area (Å²) in [5.74, 6) is -0.972. The third kappa shape index (κ3) is 39.1. The zero-order valence-electron chi connectivity index (χ0n) is 18.9. The summed E-state index contributed by atoms with van der Waals surface area (Å²) in [6, 6.07) is 0. The smallest absolute Gasteiger partial charge is 0.333 e. The van der Waals surface area contributed by atoms with Crippen molar-refractivity contribution in [1.82, 2.24) is 0 Å². The van der Waals surface area contributed by atoms with E-state index in [-0.39, 0.29) is 30.3 Å². The van der Waals surface area contributed by atoms with Gasteiger partial charge in [0.1, 0.15) is 0 Å². The van der Waals surface area contributed by atoms with E-state index in [2.05, 4.69) is 55.1 Å². The lowest BCUT2D eigenvalue weighted by atomic mass is 10.4. The number of rotatable bonds is 5. The van der Waals surface area contributed by atoms with Crippen LogP contribution in [0.3, 0.4) is 0 Å². The van der Waals surface area contributed by atoms with Crippen LogP contribution in [0.2, 0.25) is 0 Å². The third-order valence-corrected chi connectivity index (χ3v) is 1.78. The van der Waals surface area contributed by atoms with Gasteiger partial charge < -0.3 is 31.5 Å². The zero-order chi connectivity index (χ0) is 22.6. The number of carbonyl (C=O) groups is 3. The minimum atomic E-state index is -0.347. The first kappa shape index (κ1) is 36.7. The van der Waals surface area contributed by atoms with Crippen molar-refractivity contribution < 1.29 is 45.9 Å². The summed E-state index contributed by atoms with van der Waals surface area (Å²) in [5.41, 5.74) is 1.33. The van der Waals surface area contributed by atoms with Crippen LogP contribution >= 0.6 is 0 Å². The van der Waals surface area contributed by atoms with Gasteiger partial charge in [0, 0.05) is 16.7 Å². The molecule has 0 unspecified atom stereocenters. The maximum atomic E-state index is 10.4. The molecule has 0 aliphatic heterocycles. The van der Waals surface area contributed by atoms with Crippen molar-refractivity contribution in [3.63, 3.8) is 0 Å². The Morgan fingerprint density at radius 2 is 0.929 bits per heavy atom. The van der Waals surface area contributed by atoms with Crippen molar-refractivity contribution in [3.8, 4) is 0 Å². The fourth-order valence-electron chi connectivity index (χ4n) is 0.683. The number of hydrogen-bond acceptors (Lipinski definition) is 6. The van der Waals surface area contributed by atoms with Crippen molar-refractivity contribution in [1.29, 1.82) is 0 Å². The van der Waals surface area contributed by atoms with Gasteiger partial charge >= 0.3 is 17.9 Å². The van der Waals surface area contributed by atoms with Gasteiger partial charge in [-0.15, -0.1) is 0 Å². The van der Waals surface area contributed by atoms with E-state index >= 15 is 0 Å². The molecular formula is C20H38ClNO6. The second-order valence-electron chi connectivity index (χ2n) is 5.77. The minimum absolute atomic E-state index is 0. The Kier molecular flexibility index (Phi) is 32.7. The number of ether oxygens (including phenoxy) is 3. The second-order valence-corrected chi connectivity index (χ2v) is 5.77. The molecule has 0 fully saturated rings. The molecule has 0 heterocycles. The van der Waals surface area contributed by atoms with Crippen LogP contribution in [-0.2, 0) is 28.6 Å². The summed E-state index contributed by atoms with van der Waals surface area (Å²) in [7, 11) is 7.58. The minimum Gasteiger partial charge on any atom is -1.00 e. The molecule has 0 spiro atoms. The molecule has 0 amide bonds. The summed E-state index contributed by atoms with van der Waals surface area (Å²) in [5, 5.41) is 0. The monoisotopic (exact) mass is 423 g/mol. The van der Waals surface area contributed by atoms with E-state index in [1.807, 2.05) is 0 Å². The zero-order valence-corrected chi connectivity index (χ0v) is 19.6.